The van der Waals surface area contributed by atoms with Gasteiger partial charge < -0.3 is 15.3 Å². The maximum atomic E-state index is 11.7. The number of aliphatic hydroxyl groups is 1. The van der Waals surface area contributed by atoms with Gasteiger partial charge in [-0.05, 0) is 52.2 Å². The summed E-state index contributed by atoms with van der Waals surface area (Å²) < 4.78 is 0. The summed E-state index contributed by atoms with van der Waals surface area (Å²) in [6.45, 7) is 6.38. The zero-order chi connectivity index (χ0) is 17.8. The lowest BCUT2D eigenvalue weighted by Gasteiger charge is -2.15. The number of carbonyl (C=O) groups excluding carboxylic acids is 2. The van der Waals surface area contributed by atoms with Crippen LogP contribution in [0.15, 0.2) is 17.7 Å². The topological polar surface area (TPSA) is 94.8 Å². The number of benzene rings is 1. The second-order valence-electron chi connectivity index (χ2n) is 6.31. The number of aldehydes is 1. The van der Waals surface area contributed by atoms with Crippen LogP contribution in [0.4, 0.5) is 0 Å². The van der Waals surface area contributed by atoms with Crippen molar-refractivity contribution in [2.75, 3.05) is 0 Å². The first-order valence-electron chi connectivity index (χ1n) is 7.48. The third-order valence-electron chi connectivity index (χ3n) is 3.83. The van der Waals surface area contributed by atoms with Gasteiger partial charge in [0.2, 0.25) is 0 Å². The summed E-state index contributed by atoms with van der Waals surface area (Å²) in [4.78, 5) is 22.7. The lowest BCUT2D eigenvalue weighted by Crippen LogP contribution is -2.30. The van der Waals surface area contributed by atoms with E-state index in [4.69, 9.17) is 0 Å². The van der Waals surface area contributed by atoms with Crippen molar-refractivity contribution >= 4 is 12.1 Å². The summed E-state index contributed by atoms with van der Waals surface area (Å²) >= 11 is 0. The summed E-state index contributed by atoms with van der Waals surface area (Å²) in [5.74, 6) is -0.522. The summed E-state index contributed by atoms with van der Waals surface area (Å²) in [6.07, 6.45) is 3.30. The Kier molecular flexibility index (Phi) is 6.10. The minimum absolute atomic E-state index is 0.0674. The molecule has 1 aromatic rings. The van der Waals surface area contributed by atoms with E-state index >= 15 is 0 Å². The molecule has 0 radical (unpaired) electrons. The number of ketones is 1. The first kappa shape index (κ1) is 18.9. The summed E-state index contributed by atoms with van der Waals surface area (Å²) in [6, 6.07) is 1.44. The average Bonchev–Trinajstić information content (AvgIpc) is 2.43. The highest BCUT2D eigenvalue weighted by Gasteiger charge is 2.22. The van der Waals surface area contributed by atoms with Gasteiger partial charge in [-0.15, -0.1) is 0 Å². The lowest BCUT2D eigenvalue weighted by molar-refractivity contribution is -0.134. The maximum absolute atomic E-state index is 11.7. The molecule has 0 fully saturated rings. The van der Waals surface area contributed by atoms with Gasteiger partial charge in [-0.1, -0.05) is 11.6 Å². The number of phenols is 2. The fourth-order valence-corrected chi connectivity index (χ4v) is 2.19. The second kappa shape index (κ2) is 7.42. The van der Waals surface area contributed by atoms with Crippen LogP contribution in [0.1, 0.15) is 55.1 Å². The van der Waals surface area contributed by atoms with Gasteiger partial charge in [0.15, 0.2) is 12.1 Å². The Bertz CT molecular complexity index is 636. The van der Waals surface area contributed by atoms with Crippen LogP contribution in [-0.2, 0) is 11.2 Å². The number of phenolic OH excluding ortho intramolecular Hbond substituents is 2. The Labute approximate surface area is 136 Å². The number of aryl methyl sites for hydroxylation is 1. The van der Waals surface area contributed by atoms with Gasteiger partial charge in [0.25, 0.3) is 0 Å². The molecule has 1 aromatic carbocycles. The Morgan fingerprint density at radius 3 is 2.39 bits per heavy atom. The van der Waals surface area contributed by atoms with Crippen molar-refractivity contribution < 1.29 is 24.9 Å². The molecule has 0 unspecified atom stereocenters. The quantitative estimate of drug-likeness (QED) is 0.530. The van der Waals surface area contributed by atoms with E-state index in [9.17, 15) is 24.9 Å². The van der Waals surface area contributed by atoms with E-state index < -0.39 is 5.60 Å². The van der Waals surface area contributed by atoms with Crippen LogP contribution in [0.3, 0.4) is 0 Å². The van der Waals surface area contributed by atoms with E-state index in [-0.39, 0.29) is 41.3 Å². The molecule has 0 aliphatic rings. The zero-order valence-electron chi connectivity index (χ0n) is 14.0. The predicted molar refractivity (Wildman–Crippen MR) is 87.9 cm³/mol. The molecule has 0 heterocycles. The number of allylic oxidation sites excluding steroid dienone is 2. The molecule has 126 valence electrons. The van der Waals surface area contributed by atoms with Crippen LogP contribution in [0.5, 0.6) is 11.5 Å². The van der Waals surface area contributed by atoms with Crippen molar-refractivity contribution in [3.8, 4) is 11.5 Å². The molecule has 0 bridgehead atoms. The van der Waals surface area contributed by atoms with Gasteiger partial charge in [-0.3, -0.25) is 9.59 Å². The molecule has 0 aromatic heterocycles. The van der Waals surface area contributed by atoms with Crippen LogP contribution in [0.2, 0.25) is 0 Å². The SMILES string of the molecule is CC(=CCc1c(O)cc(C)c(C=O)c1O)CCC(=O)C(C)(C)O. The molecule has 0 amide bonds. The smallest absolute Gasteiger partial charge is 0.164 e. The molecule has 5 heteroatoms. The number of hydrogen-bond donors (Lipinski definition) is 3. The van der Waals surface area contributed by atoms with Crippen LogP contribution in [-0.4, -0.2) is 33.0 Å². The molecular weight excluding hydrogens is 296 g/mol. The van der Waals surface area contributed by atoms with Crippen molar-refractivity contribution in [1.29, 1.82) is 0 Å². The highest BCUT2D eigenvalue weighted by molar-refractivity contribution is 5.86. The third kappa shape index (κ3) is 4.93. The van der Waals surface area contributed by atoms with Gasteiger partial charge in [0.1, 0.15) is 17.1 Å². The number of aromatic hydroxyl groups is 2. The molecule has 0 aliphatic carbocycles. The number of Topliss-reactive ketones (excluding diaryl/α,β-unsaturated/α-hetero) is 1. The van der Waals surface area contributed by atoms with Crippen LogP contribution in [0, 0.1) is 6.92 Å². The molecular formula is C18H24O5. The van der Waals surface area contributed by atoms with Crippen molar-refractivity contribution in [3.63, 3.8) is 0 Å². The molecule has 0 spiro atoms. The van der Waals surface area contributed by atoms with Crippen LogP contribution < -0.4 is 0 Å². The third-order valence-corrected chi connectivity index (χ3v) is 3.83. The second-order valence-corrected chi connectivity index (χ2v) is 6.31. The zero-order valence-corrected chi connectivity index (χ0v) is 14.0. The van der Waals surface area contributed by atoms with E-state index in [2.05, 4.69) is 0 Å². The molecule has 1 rings (SSSR count). The minimum Gasteiger partial charge on any atom is -0.508 e. The first-order chi connectivity index (χ1) is 10.6. The van der Waals surface area contributed by atoms with Crippen LogP contribution in [0.25, 0.3) is 0 Å². The molecule has 5 nitrogen and oxygen atoms in total. The van der Waals surface area contributed by atoms with E-state index in [1.165, 1.54) is 19.9 Å². The molecule has 0 saturated carbocycles. The van der Waals surface area contributed by atoms with Gasteiger partial charge >= 0.3 is 0 Å². The van der Waals surface area contributed by atoms with Crippen molar-refractivity contribution in [2.24, 2.45) is 0 Å². The number of hydrogen-bond acceptors (Lipinski definition) is 5. The Morgan fingerprint density at radius 2 is 1.87 bits per heavy atom. The monoisotopic (exact) mass is 320 g/mol. The van der Waals surface area contributed by atoms with Crippen molar-refractivity contribution in [3.05, 3.63) is 34.4 Å². The maximum Gasteiger partial charge on any atom is 0.164 e. The van der Waals surface area contributed by atoms with Crippen molar-refractivity contribution in [1.82, 2.24) is 0 Å². The normalized spacial score (nSPS) is 12.3. The summed E-state index contributed by atoms with van der Waals surface area (Å²) in [5.41, 5.74) is 0.517. The predicted octanol–water partition coefficient (Wildman–Crippen LogP) is 2.83. The summed E-state index contributed by atoms with van der Waals surface area (Å²) in [5, 5.41) is 29.6. The molecule has 0 atom stereocenters. The number of rotatable bonds is 7. The standard InChI is InChI=1S/C18H24O5/c1-11(6-8-16(21)18(3,4)23)5-7-13-15(20)9-12(2)14(10-19)17(13)22/h5,9-10,20,22-23H,6-8H2,1-4H3. The van der Waals surface area contributed by atoms with E-state index in [0.29, 0.717) is 18.3 Å². The van der Waals surface area contributed by atoms with Gasteiger partial charge in [-0.2, -0.15) is 0 Å². The lowest BCUT2D eigenvalue weighted by atomic mass is 9.96. The Hall–Kier alpha value is -2.14. The first-order valence-corrected chi connectivity index (χ1v) is 7.48. The number of carbonyl (C=O) groups is 2. The molecule has 0 saturated heterocycles. The molecule has 0 aliphatic heterocycles. The largest absolute Gasteiger partial charge is 0.508 e. The van der Waals surface area contributed by atoms with E-state index in [1.54, 1.807) is 13.0 Å². The fourth-order valence-electron chi connectivity index (χ4n) is 2.19. The molecule has 3 N–H and O–H groups in total. The summed E-state index contributed by atoms with van der Waals surface area (Å²) in [7, 11) is 0. The molecule has 23 heavy (non-hydrogen) atoms. The van der Waals surface area contributed by atoms with Crippen molar-refractivity contribution in [2.45, 2.75) is 52.6 Å². The van der Waals surface area contributed by atoms with Gasteiger partial charge in [-0.25, -0.2) is 0 Å². The van der Waals surface area contributed by atoms with Crippen LogP contribution >= 0.6 is 0 Å². The Balaban J connectivity index is 2.85. The highest BCUT2D eigenvalue weighted by Crippen LogP contribution is 2.33. The minimum atomic E-state index is -1.34. The fraction of sp³-hybridized carbons (Fsp3) is 0.444. The van der Waals surface area contributed by atoms with E-state index in [1.807, 2.05) is 6.92 Å². The van der Waals surface area contributed by atoms with Gasteiger partial charge in [0, 0.05) is 12.0 Å². The van der Waals surface area contributed by atoms with Gasteiger partial charge in [0.05, 0.1) is 5.56 Å². The Morgan fingerprint density at radius 1 is 1.26 bits per heavy atom. The van der Waals surface area contributed by atoms with E-state index in [0.717, 1.165) is 5.57 Å². The highest BCUT2D eigenvalue weighted by atomic mass is 16.3. The average molecular weight is 320 g/mol.